The normalized spacial score (nSPS) is 12.0. The fraction of sp³-hybridized carbons (Fsp3) is 0.353. The van der Waals surface area contributed by atoms with E-state index in [1.54, 1.807) is 6.20 Å². The first kappa shape index (κ1) is 17.1. The van der Waals surface area contributed by atoms with E-state index >= 15 is 0 Å². The van der Waals surface area contributed by atoms with Gasteiger partial charge in [-0.25, -0.2) is 9.78 Å². The molecule has 0 aliphatic heterocycles. The largest absolute Gasteiger partial charge is 0.458 e. The summed E-state index contributed by atoms with van der Waals surface area (Å²) in [6.07, 6.45) is 1.71. The van der Waals surface area contributed by atoms with E-state index in [1.807, 2.05) is 44.2 Å². The smallest absolute Gasteiger partial charge is 0.329 e. The second-order valence-electron chi connectivity index (χ2n) is 5.53. The maximum Gasteiger partial charge on any atom is 0.329 e. The predicted molar refractivity (Wildman–Crippen MR) is 89.8 cm³/mol. The SMILES string of the molecule is CC(=O)NC(C(=O)OCc1cnc(-c2ccccc2)s1)C(C)C. The molecule has 5 nitrogen and oxygen atoms in total. The number of hydrogen-bond acceptors (Lipinski definition) is 5. The Morgan fingerprint density at radius 1 is 1.26 bits per heavy atom. The molecule has 0 saturated heterocycles. The van der Waals surface area contributed by atoms with Gasteiger partial charge < -0.3 is 10.1 Å². The van der Waals surface area contributed by atoms with Crippen molar-refractivity contribution < 1.29 is 14.3 Å². The van der Waals surface area contributed by atoms with Crippen molar-refractivity contribution in [2.45, 2.75) is 33.4 Å². The number of rotatable bonds is 6. The maximum absolute atomic E-state index is 12.1. The molecule has 122 valence electrons. The number of hydrogen-bond donors (Lipinski definition) is 1. The Morgan fingerprint density at radius 2 is 1.96 bits per heavy atom. The minimum Gasteiger partial charge on any atom is -0.458 e. The molecule has 6 heteroatoms. The van der Waals surface area contributed by atoms with Gasteiger partial charge in [-0.2, -0.15) is 0 Å². The topological polar surface area (TPSA) is 68.3 Å². The van der Waals surface area contributed by atoms with E-state index in [4.69, 9.17) is 4.74 Å². The monoisotopic (exact) mass is 332 g/mol. The molecule has 0 aliphatic rings. The number of benzene rings is 1. The van der Waals surface area contributed by atoms with Crippen LogP contribution >= 0.6 is 11.3 Å². The summed E-state index contributed by atoms with van der Waals surface area (Å²) in [6.45, 7) is 5.27. The van der Waals surface area contributed by atoms with Gasteiger partial charge in [-0.05, 0) is 5.92 Å². The number of carbonyl (C=O) groups is 2. The number of nitrogens with zero attached hydrogens (tertiary/aromatic N) is 1. The number of aromatic nitrogens is 1. The Bertz CT molecular complexity index is 667. The Labute approximate surface area is 139 Å². The fourth-order valence-electron chi connectivity index (χ4n) is 2.04. The molecule has 0 aliphatic carbocycles. The molecule has 2 rings (SSSR count). The molecule has 2 aromatic rings. The van der Waals surface area contributed by atoms with Gasteiger partial charge >= 0.3 is 5.97 Å². The van der Waals surface area contributed by atoms with E-state index in [1.165, 1.54) is 18.3 Å². The lowest BCUT2D eigenvalue weighted by atomic mass is 10.0. The summed E-state index contributed by atoms with van der Waals surface area (Å²) in [5, 5.41) is 3.51. The van der Waals surface area contributed by atoms with Crippen LogP contribution in [0.25, 0.3) is 10.6 Å². The maximum atomic E-state index is 12.1. The molecule has 1 amide bonds. The average Bonchev–Trinajstić information content (AvgIpc) is 2.99. The van der Waals surface area contributed by atoms with Crippen molar-refractivity contribution in [3.8, 4) is 10.6 Å². The van der Waals surface area contributed by atoms with Gasteiger partial charge in [0.2, 0.25) is 5.91 Å². The van der Waals surface area contributed by atoms with Gasteiger partial charge in [-0.3, -0.25) is 4.79 Å². The fourth-order valence-corrected chi connectivity index (χ4v) is 2.87. The van der Waals surface area contributed by atoms with Crippen LogP contribution in [0, 0.1) is 5.92 Å². The van der Waals surface area contributed by atoms with E-state index in [9.17, 15) is 9.59 Å². The molecule has 23 heavy (non-hydrogen) atoms. The summed E-state index contributed by atoms with van der Waals surface area (Å²) >= 11 is 1.49. The zero-order chi connectivity index (χ0) is 16.8. The van der Waals surface area contributed by atoms with Crippen molar-refractivity contribution in [3.63, 3.8) is 0 Å². The van der Waals surface area contributed by atoms with Crippen LogP contribution in [0.4, 0.5) is 0 Å². The molecule has 0 saturated carbocycles. The third kappa shape index (κ3) is 4.89. The minimum atomic E-state index is -0.631. The molecular weight excluding hydrogens is 312 g/mol. The third-order valence-corrected chi connectivity index (χ3v) is 4.23. The van der Waals surface area contributed by atoms with Gasteiger partial charge in [0.05, 0.1) is 4.88 Å². The van der Waals surface area contributed by atoms with Gasteiger partial charge in [-0.1, -0.05) is 44.2 Å². The number of ether oxygens (including phenoxy) is 1. The van der Waals surface area contributed by atoms with Crippen LogP contribution in [0.2, 0.25) is 0 Å². The molecule has 1 heterocycles. The summed E-state index contributed by atoms with van der Waals surface area (Å²) in [5.74, 6) is -0.706. The van der Waals surface area contributed by atoms with Crippen LogP contribution < -0.4 is 5.32 Å². The first-order valence-electron chi connectivity index (χ1n) is 7.41. The summed E-state index contributed by atoms with van der Waals surface area (Å²) in [5.41, 5.74) is 1.04. The van der Waals surface area contributed by atoms with E-state index in [2.05, 4.69) is 10.3 Å². The van der Waals surface area contributed by atoms with Gasteiger partial charge in [-0.15, -0.1) is 11.3 Å². The molecule has 0 fully saturated rings. The van der Waals surface area contributed by atoms with Crippen LogP contribution in [0.5, 0.6) is 0 Å². The van der Waals surface area contributed by atoms with E-state index in [0.717, 1.165) is 15.4 Å². The van der Waals surface area contributed by atoms with Gasteiger partial charge in [0.25, 0.3) is 0 Å². The quantitative estimate of drug-likeness (QED) is 0.826. The summed E-state index contributed by atoms with van der Waals surface area (Å²) in [4.78, 5) is 28.5. The van der Waals surface area contributed by atoms with Crippen molar-refractivity contribution >= 4 is 23.2 Å². The molecule has 0 bridgehead atoms. The Hall–Kier alpha value is -2.21. The zero-order valence-electron chi connectivity index (χ0n) is 13.4. The highest BCUT2D eigenvalue weighted by molar-refractivity contribution is 7.15. The Morgan fingerprint density at radius 3 is 2.57 bits per heavy atom. The first-order chi connectivity index (χ1) is 11.0. The first-order valence-corrected chi connectivity index (χ1v) is 8.23. The zero-order valence-corrected chi connectivity index (χ0v) is 14.2. The molecule has 0 radical (unpaired) electrons. The Balaban J connectivity index is 1.96. The lowest BCUT2D eigenvalue weighted by Crippen LogP contribution is -2.44. The van der Waals surface area contributed by atoms with Crippen molar-refractivity contribution in [1.82, 2.24) is 10.3 Å². The molecule has 1 N–H and O–H groups in total. The molecule has 1 unspecified atom stereocenters. The van der Waals surface area contributed by atoms with Gasteiger partial charge in [0.1, 0.15) is 17.7 Å². The van der Waals surface area contributed by atoms with Crippen LogP contribution in [0.3, 0.4) is 0 Å². The number of carbonyl (C=O) groups excluding carboxylic acids is 2. The molecule has 0 spiro atoms. The highest BCUT2D eigenvalue weighted by Gasteiger charge is 2.24. The standard InChI is InChI=1S/C17H20N2O3S/c1-11(2)15(19-12(3)20)17(21)22-10-14-9-18-16(23-14)13-7-5-4-6-8-13/h4-9,11,15H,10H2,1-3H3,(H,19,20). The Kier molecular flexibility index (Phi) is 5.87. The van der Waals surface area contributed by atoms with Crippen LogP contribution in [-0.4, -0.2) is 22.9 Å². The minimum absolute atomic E-state index is 0.0345. The highest BCUT2D eigenvalue weighted by atomic mass is 32.1. The summed E-state index contributed by atoms with van der Waals surface area (Å²) in [6, 6.07) is 9.21. The summed E-state index contributed by atoms with van der Waals surface area (Å²) < 4.78 is 5.32. The van der Waals surface area contributed by atoms with Crippen molar-refractivity contribution in [2.75, 3.05) is 0 Å². The van der Waals surface area contributed by atoms with Gasteiger partial charge in [0, 0.05) is 18.7 Å². The van der Waals surface area contributed by atoms with E-state index < -0.39 is 12.0 Å². The lowest BCUT2D eigenvalue weighted by molar-refractivity contribution is -0.150. The lowest BCUT2D eigenvalue weighted by Gasteiger charge is -2.19. The number of esters is 1. The van der Waals surface area contributed by atoms with E-state index in [-0.39, 0.29) is 18.4 Å². The molecule has 1 atom stereocenters. The van der Waals surface area contributed by atoms with Gasteiger partial charge in [0.15, 0.2) is 0 Å². The van der Waals surface area contributed by atoms with Crippen LogP contribution in [0.1, 0.15) is 25.6 Å². The average molecular weight is 332 g/mol. The number of nitrogens with one attached hydrogen (secondary N) is 1. The molecular formula is C17H20N2O3S. The van der Waals surface area contributed by atoms with Crippen molar-refractivity contribution in [1.29, 1.82) is 0 Å². The van der Waals surface area contributed by atoms with Crippen molar-refractivity contribution in [2.24, 2.45) is 5.92 Å². The van der Waals surface area contributed by atoms with Crippen LogP contribution in [0.15, 0.2) is 36.5 Å². The second kappa shape index (κ2) is 7.87. The third-order valence-electron chi connectivity index (χ3n) is 3.21. The second-order valence-corrected chi connectivity index (χ2v) is 6.64. The molecule has 1 aromatic carbocycles. The number of amides is 1. The predicted octanol–water partition coefficient (Wildman–Crippen LogP) is 3.01. The van der Waals surface area contributed by atoms with Crippen LogP contribution in [-0.2, 0) is 20.9 Å². The van der Waals surface area contributed by atoms with Crippen molar-refractivity contribution in [3.05, 3.63) is 41.4 Å². The van der Waals surface area contributed by atoms with E-state index in [0.29, 0.717) is 0 Å². The highest BCUT2D eigenvalue weighted by Crippen LogP contribution is 2.25. The summed E-state index contributed by atoms with van der Waals surface area (Å²) in [7, 11) is 0. The number of thiazole rings is 1. The molecule has 1 aromatic heterocycles.